The van der Waals surface area contributed by atoms with Gasteiger partial charge in [-0.1, -0.05) is 0 Å². The monoisotopic (exact) mass is 212 g/mol. The van der Waals surface area contributed by atoms with Gasteiger partial charge in [-0.25, -0.2) is 0 Å². The number of aliphatic hydroxyl groups excluding tert-OH is 1. The third kappa shape index (κ3) is 2.16. The Labute approximate surface area is 86.4 Å². The summed E-state index contributed by atoms with van der Waals surface area (Å²) in [6.07, 6.45) is 0.143. The highest BCUT2D eigenvalue weighted by atomic mass is 16.6. The number of nitro benzene ring substituents is 1. The van der Waals surface area contributed by atoms with Crippen LogP contribution in [0.3, 0.4) is 0 Å². The van der Waals surface area contributed by atoms with Crippen molar-refractivity contribution in [2.45, 2.75) is 6.42 Å². The van der Waals surface area contributed by atoms with E-state index in [-0.39, 0.29) is 24.5 Å². The van der Waals surface area contributed by atoms with Gasteiger partial charge in [0, 0.05) is 19.1 Å². The Morgan fingerprint density at radius 2 is 2.27 bits per heavy atom. The maximum atomic E-state index is 10.7. The first kappa shape index (κ1) is 11.3. The Kier molecular flexibility index (Phi) is 3.46. The smallest absolute Gasteiger partial charge is 0.276 e. The second kappa shape index (κ2) is 4.61. The van der Waals surface area contributed by atoms with Gasteiger partial charge in [0.15, 0.2) is 5.75 Å². The minimum Gasteiger partial charge on any atom is -0.494 e. The predicted molar refractivity (Wildman–Crippen MR) is 54.9 cm³/mol. The summed E-state index contributed by atoms with van der Waals surface area (Å²) in [4.78, 5) is 10.2. The molecule has 0 bridgehead atoms. The number of nitrogens with zero attached hydrogens (tertiary/aromatic N) is 1. The lowest BCUT2D eigenvalue weighted by molar-refractivity contribution is -0.385. The maximum absolute atomic E-state index is 10.7. The lowest BCUT2D eigenvalue weighted by Crippen LogP contribution is -2.04. The van der Waals surface area contributed by atoms with Crippen LogP contribution in [0.5, 0.6) is 5.75 Å². The number of hydrogen-bond acceptors (Lipinski definition) is 5. The number of nitrogen functional groups attached to an aromatic ring is 1. The van der Waals surface area contributed by atoms with Gasteiger partial charge >= 0.3 is 0 Å². The summed E-state index contributed by atoms with van der Waals surface area (Å²) in [6.45, 7) is -0.194. The molecule has 1 rings (SSSR count). The SMILES string of the molecule is COc1c(N)ccc([N+](=O)[O-])c1CCO. The number of ether oxygens (including phenoxy) is 1. The predicted octanol–water partition coefficient (Wildman–Crippen LogP) is 0.720. The summed E-state index contributed by atoms with van der Waals surface area (Å²) in [5.41, 5.74) is 6.16. The van der Waals surface area contributed by atoms with Crippen molar-refractivity contribution in [2.75, 3.05) is 19.5 Å². The van der Waals surface area contributed by atoms with Gasteiger partial charge in [0.25, 0.3) is 5.69 Å². The molecule has 0 saturated carbocycles. The Bertz CT molecular complexity index is 379. The van der Waals surface area contributed by atoms with Gasteiger partial charge in [-0.3, -0.25) is 10.1 Å². The van der Waals surface area contributed by atoms with Crippen molar-refractivity contribution in [3.8, 4) is 5.75 Å². The molecule has 15 heavy (non-hydrogen) atoms. The van der Waals surface area contributed by atoms with Crippen molar-refractivity contribution in [1.82, 2.24) is 0 Å². The molecule has 1 aromatic rings. The highest BCUT2D eigenvalue weighted by Gasteiger charge is 2.19. The van der Waals surface area contributed by atoms with Crippen LogP contribution >= 0.6 is 0 Å². The number of nitro groups is 1. The topological polar surface area (TPSA) is 98.6 Å². The molecular formula is C9H12N2O4. The fraction of sp³-hybridized carbons (Fsp3) is 0.333. The quantitative estimate of drug-likeness (QED) is 0.435. The molecule has 82 valence electrons. The number of methoxy groups -OCH3 is 1. The third-order valence-electron chi connectivity index (χ3n) is 2.03. The van der Waals surface area contributed by atoms with Crippen LogP contribution in [0, 0.1) is 10.1 Å². The molecule has 0 atom stereocenters. The number of anilines is 1. The lowest BCUT2D eigenvalue weighted by atomic mass is 10.1. The van der Waals surface area contributed by atoms with Crippen molar-refractivity contribution in [3.05, 3.63) is 27.8 Å². The molecule has 1 aromatic carbocycles. The molecule has 3 N–H and O–H groups in total. The van der Waals surface area contributed by atoms with Crippen molar-refractivity contribution in [2.24, 2.45) is 0 Å². The summed E-state index contributed by atoms with van der Waals surface area (Å²) in [5, 5.41) is 19.5. The van der Waals surface area contributed by atoms with E-state index >= 15 is 0 Å². The minimum atomic E-state index is -0.521. The first-order chi connectivity index (χ1) is 7.11. The highest BCUT2D eigenvalue weighted by molar-refractivity contribution is 5.64. The molecule has 0 aliphatic rings. The highest BCUT2D eigenvalue weighted by Crippen LogP contribution is 2.33. The molecule has 0 heterocycles. The summed E-state index contributed by atoms with van der Waals surface area (Å²) >= 11 is 0. The van der Waals surface area contributed by atoms with Gasteiger partial charge in [-0.15, -0.1) is 0 Å². The van der Waals surface area contributed by atoms with Crippen LogP contribution in [0.1, 0.15) is 5.56 Å². The molecule has 0 radical (unpaired) electrons. The van der Waals surface area contributed by atoms with E-state index in [1.807, 2.05) is 0 Å². The number of benzene rings is 1. The Morgan fingerprint density at radius 3 is 2.73 bits per heavy atom. The Balaban J connectivity index is 3.34. The Morgan fingerprint density at radius 1 is 1.60 bits per heavy atom. The summed E-state index contributed by atoms with van der Waals surface area (Å²) in [6, 6.07) is 2.72. The van der Waals surface area contributed by atoms with Crippen LogP contribution in [0.15, 0.2) is 12.1 Å². The second-order valence-electron chi connectivity index (χ2n) is 2.92. The van der Waals surface area contributed by atoms with Crippen molar-refractivity contribution < 1.29 is 14.8 Å². The van der Waals surface area contributed by atoms with E-state index in [0.717, 1.165) is 0 Å². The van der Waals surface area contributed by atoms with Crippen LogP contribution in [0.2, 0.25) is 0 Å². The zero-order valence-electron chi connectivity index (χ0n) is 8.27. The van der Waals surface area contributed by atoms with E-state index < -0.39 is 4.92 Å². The summed E-state index contributed by atoms with van der Waals surface area (Å²) in [7, 11) is 1.39. The third-order valence-corrected chi connectivity index (χ3v) is 2.03. The van der Waals surface area contributed by atoms with Crippen molar-refractivity contribution >= 4 is 11.4 Å². The molecule has 0 spiro atoms. The molecule has 0 unspecified atom stereocenters. The van der Waals surface area contributed by atoms with Crippen LogP contribution in [0.4, 0.5) is 11.4 Å². The molecule has 0 aliphatic heterocycles. The molecule has 0 saturated heterocycles. The fourth-order valence-electron chi connectivity index (χ4n) is 1.40. The van der Waals surface area contributed by atoms with E-state index in [9.17, 15) is 10.1 Å². The molecule has 0 aromatic heterocycles. The van der Waals surface area contributed by atoms with Crippen molar-refractivity contribution in [1.29, 1.82) is 0 Å². The van der Waals surface area contributed by atoms with Gasteiger partial charge in [-0.05, 0) is 6.07 Å². The van der Waals surface area contributed by atoms with E-state index in [4.69, 9.17) is 15.6 Å². The summed E-state index contributed by atoms with van der Waals surface area (Å²) in [5.74, 6) is 0.262. The first-order valence-electron chi connectivity index (χ1n) is 4.32. The van der Waals surface area contributed by atoms with E-state index in [0.29, 0.717) is 11.3 Å². The Hall–Kier alpha value is -1.82. The maximum Gasteiger partial charge on any atom is 0.276 e. The number of rotatable bonds is 4. The average Bonchev–Trinajstić information content (AvgIpc) is 2.18. The average molecular weight is 212 g/mol. The van der Waals surface area contributed by atoms with Crippen LogP contribution in [-0.4, -0.2) is 23.7 Å². The van der Waals surface area contributed by atoms with Crippen LogP contribution in [-0.2, 0) is 6.42 Å². The fourth-order valence-corrected chi connectivity index (χ4v) is 1.40. The second-order valence-corrected chi connectivity index (χ2v) is 2.92. The van der Waals surface area contributed by atoms with Crippen molar-refractivity contribution in [3.63, 3.8) is 0 Å². The first-order valence-corrected chi connectivity index (χ1v) is 4.32. The molecule has 0 fully saturated rings. The van der Waals surface area contributed by atoms with E-state index in [2.05, 4.69) is 0 Å². The van der Waals surface area contributed by atoms with Gasteiger partial charge < -0.3 is 15.6 Å². The molecule has 6 heteroatoms. The molecular weight excluding hydrogens is 200 g/mol. The van der Waals surface area contributed by atoms with Gasteiger partial charge in [0.2, 0.25) is 0 Å². The number of nitrogens with two attached hydrogens (primary N) is 1. The number of aliphatic hydroxyl groups is 1. The zero-order chi connectivity index (χ0) is 11.4. The largest absolute Gasteiger partial charge is 0.494 e. The molecule has 0 amide bonds. The van der Waals surface area contributed by atoms with Gasteiger partial charge in [-0.2, -0.15) is 0 Å². The molecule has 0 aliphatic carbocycles. The van der Waals surface area contributed by atoms with Crippen LogP contribution in [0.25, 0.3) is 0 Å². The standard InChI is InChI=1S/C9H12N2O4/c1-15-9-6(4-5-12)8(11(13)14)3-2-7(9)10/h2-3,12H,4-5,10H2,1H3. The normalized spacial score (nSPS) is 10.0. The summed E-state index contributed by atoms with van der Waals surface area (Å²) < 4.78 is 4.98. The zero-order valence-corrected chi connectivity index (χ0v) is 8.27. The van der Waals surface area contributed by atoms with Crippen LogP contribution < -0.4 is 10.5 Å². The van der Waals surface area contributed by atoms with E-state index in [1.165, 1.54) is 19.2 Å². The van der Waals surface area contributed by atoms with E-state index in [1.54, 1.807) is 0 Å². The molecule has 6 nitrogen and oxygen atoms in total. The minimum absolute atomic E-state index is 0.0879. The van der Waals surface area contributed by atoms with Gasteiger partial charge in [0.05, 0.1) is 23.3 Å². The number of hydrogen-bond donors (Lipinski definition) is 2. The lowest BCUT2D eigenvalue weighted by Gasteiger charge is -2.10. The van der Waals surface area contributed by atoms with Gasteiger partial charge in [0.1, 0.15) is 0 Å².